The van der Waals surface area contributed by atoms with Gasteiger partial charge in [0.15, 0.2) is 0 Å². The molecule has 1 atom stereocenters. The monoisotopic (exact) mass is 295 g/mol. The maximum absolute atomic E-state index is 12.4. The Morgan fingerprint density at radius 1 is 1.57 bits per heavy atom. The molecular weight excluding hydrogens is 274 g/mol. The second-order valence-corrected chi connectivity index (χ2v) is 5.54. The summed E-state index contributed by atoms with van der Waals surface area (Å²) in [7, 11) is 1.63. The third kappa shape index (κ3) is 3.68. The van der Waals surface area contributed by atoms with Gasteiger partial charge in [-0.1, -0.05) is 0 Å². The van der Waals surface area contributed by atoms with E-state index in [1.54, 1.807) is 12.0 Å². The number of aliphatic hydroxyl groups is 1. The highest BCUT2D eigenvalue weighted by Crippen LogP contribution is 2.33. The Kier molecular flexibility index (Phi) is 5.08. The molecule has 7 nitrogen and oxygen atoms in total. The average molecular weight is 295 g/mol. The number of piperidine rings is 1. The van der Waals surface area contributed by atoms with Crippen molar-refractivity contribution in [3.63, 3.8) is 0 Å². The van der Waals surface area contributed by atoms with Crippen LogP contribution in [0, 0.1) is 5.41 Å². The Bertz CT molecular complexity index is 525. The number of hydrogen-bond donors (Lipinski definition) is 2. The van der Waals surface area contributed by atoms with E-state index < -0.39 is 0 Å². The highest BCUT2D eigenvalue weighted by molar-refractivity contribution is 5.92. The first kappa shape index (κ1) is 15.7. The Balaban J connectivity index is 2.10. The molecule has 1 saturated heterocycles. The third-order valence-corrected chi connectivity index (χ3v) is 4.02. The maximum atomic E-state index is 12.4. The van der Waals surface area contributed by atoms with Gasteiger partial charge in [-0.05, 0) is 25.3 Å². The van der Waals surface area contributed by atoms with Crippen molar-refractivity contribution in [3.05, 3.63) is 28.2 Å². The van der Waals surface area contributed by atoms with Crippen LogP contribution >= 0.6 is 0 Å². The zero-order valence-electron chi connectivity index (χ0n) is 12.2. The molecule has 0 spiro atoms. The zero-order chi connectivity index (χ0) is 15.3. The van der Waals surface area contributed by atoms with E-state index in [2.05, 4.69) is 10.2 Å². The molecule has 116 valence electrons. The lowest BCUT2D eigenvalue weighted by molar-refractivity contribution is 0.00868. The van der Waals surface area contributed by atoms with Gasteiger partial charge in [-0.2, -0.15) is 5.10 Å². The van der Waals surface area contributed by atoms with E-state index in [0.29, 0.717) is 26.1 Å². The largest absolute Gasteiger partial charge is 0.396 e. The highest BCUT2D eigenvalue weighted by atomic mass is 16.5. The van der Waals surface area contributed by atoms with Gasteiger partial charge in [0.05, 0.1) is 6.61 Å². The number of amides is 1. The van der Waals surface area contributed by atoms with Crippen LogP contribution in [-0.4, -0.2) is 59.5 Å². The van der Waals surface area contributed by atoms with Crippen LogP contribution < -0.4 is 5.56 Å². The number of aliphatic hydroxyl groups excluding tert-OH is 1. The number of nitrogens with zero attached hydrogens (tertiary/aromatic N) is 2. The molecular formula is C14H21N3O4. The number of aromatic nitrogens is 2. The van der Waals surface area contributed by atoms with Gasteiger partial charge in [-0.15, -0.1) is 0 Å². The number of methoxy groups -OCH3 is 1. The molecule has 7 heteroatoms. The predicted molar refractivity (Wildman–Crippen MR) is 76.0 cm³/mol. The van der Waals surface area contributed by atoms with Crippen LogP contribution in [0.15, 0.2) is 16.9 Å². The van der Waals surface area contributed by atoms with Gasteiger partial charge in [-0.25, -0.2) is 5.10 Å². The smallest absolute Gasteiger partial charge is 0.274 e. The Labute approximate surface area is 122 Å². The summed E-state index contributed by atoms with van der Waals surface area (Å²) in [5, 5.41) is 15.8. The third-order valence-electron chi connectivity index (χ3n) is 4.02. The normalized spacial score (nSPS) is 22.3. The molecule has 0 radical (unpaired) electrons. The van der Waals surface area contributed by atoms with Crippen LogP contribution in [0.4, 0.5) is 0 Å². The van der Waals surface area contributed by atoms with Crippen molar-refractivity contribution in [2.24, 2.45) is 5.41 Å². The van der Waals surface area contributed by atoms with E-state index in [1.165, 1.54) is 12.1 Å². The number of H-pyrrole nitrogens is 1. The minimum Gasteiger partial charge on any atom is -0.396 e. The molecule has 1 fully saturated rings. The van der Waals surface area contributed by atoms with Gasteiger partial charge in [0.1, 0.15) is 5.69 Å². The molecule has 2 heterocycles. The molecule has 0 unspecified atom stereocenters. The van der Waals surface area contributed by atoms with Gasteiger partial charge in [0, 0.05) is 38.3 Å². The van der Waals surface area contributed by atoms with Crippen LogP contribution in [-0.2, 0) is 4.74 Å². The van der Waals surface area contributed by atoms with Crippen molar-refractivity contribution >= 4 is 5.91 Å². The van der Waals surface area contributed by atoms with Crippen molar-refractivity contribution in [1.29, 1.82) is 0 Å². The first-order valence-electron chi connectivity index (χ1n) is 7.05. The second-order valence-electron chi connectivity index (χ2n) is 5.54. The average Bonchev–Trinajstić information content (AvgIpc) is 2.53. The van der Waals surface area contributed by atoms with Crippen LogP contribution in [0.2, 0.25) is 0 Å². The minimum atomic E-state index is -0.338. The number of likely N-dealkylation sites (tertiary alicyclic amines) is 1. The molecule has 21 heavy (non-hydrogen) atoms. The molecule has 0 aromatic carbocycles. The van der Waals surface area contributed by atoms with Crippen molar-refractivity contribution in [1.82, 2.24) is 15.1 Å². The van der Waals surface area contributed by atoms with Crippen molar-refractivity contribution in [3.8, 4) is 0 Å². The molecule has 0 aliphatic carbocycles. The standard InChI is InChI=1S/C14H21N3O4/c1-21-8-6-14(10-18)5-2-7-17(9-14)13(20)11-3-4-12(19)16-15-11/h3-4,18H,2,5-10H2,1H3,(H,16,19)/t14-/m0/s1. The van der Waals surface area contributed by atoms with E-state index in [9.17, 15) is 14.7 Å². The molecule has 1 amide bonds. The van der Waals surface area contributed by atoms with Crippen LogP contribution in [0.5, 0.6) is 0 Å². The summed E-state index contributed by atoms with van der Waals surface area (Å²) in [5.74, 6) is -0.221. The van der Waals surface area contributed by atoms with Gasteiger partial charge < -0.3 is 14.7 Å². The van der Waals surface area contributed by atoms with Crippen LogP contribution in [0.1, 0.15) is 29.8 Å². The molecule has 1 aromatic rings. The zero-order valence-corrected chi connectivity index (χ0v) is 12.2. The number of carbonyl (C=O) groups excluding carboxylic acids is 1. The Hall–Kier alpha value is -1.73. The fourth-order valence-corrected chi connectivity index (χ4v) is 2.74. The van der Waals surface area contributed by atoms with Crippen molar-refractivity contribution in [2.45, 2.75) is 19.3 Å². The van der Waals surface area contributed by atoms with Gasteiger partial charge >= 0.3 is 0 Å². The lowest BCUT2D eigenvalue weighted by atomic mass is 9.78. The van der Waals surface area contributed by atoms with E-state index >= 15 is 0 Å². The minimum absolute atomic E-state index is 0.0270. The van der Waals surface area contributed by atoms with E-state index in [0.717, 1.165) is 12.8 Å². The summed E-state index contributed by atoms with van der Waals surface area (Å²) in [6.07, 6.45) is 2.41. The summed E-state index contributed by atoms with van der Waals surface area (Å²) in [4.78, 5) is 25.1. The summed E-state index contributed by atoms with van der Waals surface area (Å²) in [5.41, 5.74) is -0.434. The van der Waals surface area contributed by atoms with Gasteiger partial charge in [-0.3, -0.25) is 9.59 Å². The summed E-state index contributed by atoms with van der Waals surface area (Å²) < 4.78 is 5.10. The van der Waals surface area contributed by atoms with E-state index in [-0.39, 0.29) is 29.2 Å². The highest BCUT2D eigenvalue weighted by Gasteiger charge is 2.36. The number of ether oxygens (including phenoxy) is 1. The van der Waals surface area contributed by atoms with Crippen LogP contribution in [0.3, 0.4) is 0 Å². The number of nitrogens with one attached hydrogen (secondary N) is 1. The van der Waals surface area contributed by atoms with Gasteiger partial charge in [0.2, 0.25) is 0 Å². The first-order valence-corrected chi connectivity index (χ1v) is 7.05. The number of carbonyl (C=O) groups is 1. The lowest BCUT2D eigenvalue weighted by Crippen LogP contribution is -2.48. The van der Waals surface area contributed by atoms with Crippen LogP contribution in [0.25, 0.3) is 0 Å². The fourth-order valence-electron chi connectivity index (χ4n) is 2.74. The number of aromatic amines is 1. The van der Waals surface area contributed by atoms with Gasteiger partial charge in [0.25, 0.3) is 11.5 Å². The number of rotatable bonds is 5. The summed E-state index contributed by atoms with van der Waals surface area (Å²) >= 11 is 0. The topological polar surface area (TPSA) is 95.5 Å². The molecule has 2 N–H and O–H groups in total. The quantitative estimate of drug-likeness (QED) is 0.798. The lowest BCUT2D eigenvalue weighted by Gasteiger charge is -2.41. The molecule has 1 aliphatic heterocycles. The fraction of sp³-hybridized carbons (Fsp3) is 0.643. The Morgan fingerprint density at radius 3 is 3.00 bits per heavy atom. The molecule has 0 bridgehead atoms. The number of hydrogen-bond acceptors (Lipinski definition) is 5. The molecule has 0 saturated carbocycles. The summed E-state index contributed by atoms with van der Waals surface area (Å²) in [6, 6.07) is 2.71. The second kappa shape index (κ2) is 6.82. The molecule has 1 aliphatic rings. The van der Waals surface area contributed by atoms with E-state index in [4.69, 9.17) is 4.74 Å². The summed E-state index contributed by atoms with van der Waals surface area (Å²) in [6.45, 7) is 1.69. The first-order chi connectivity index (χ1) is 10.1. The maximum Gasteiger partial charge on any atom is 0.274 e. The molecule has 2 rings (SSSR count). The van der Waals surface area contributed by atoms with E-state index in [1.807, 2.05) is 0 Å². The molecule has 1 aromatic heterocycles. The Morgan fingerprint density at radius 2 is 2.38 bits per heavy atom. The SMILES string of the molecule is COCC[C@@]1(CO)CCCN(C(=O)c2ccc(=O)[nH]n2)C1. The predicted octanol–water partition coefficient (Wildman–Crippen LogP) is 0.0211. The van der Waals surface area contributed by atoms with Crippen molar-refractivity contribution in [2.75, 3.05) is 33.4 Å². The van der Waals surface area contributed by atoms with Crippen molar-refractivity contribution < 1.29 is 14.6 Å².